The summed E-state index contributed by atoms with van der Waals surface area (Å²) in [5.41, 5.74) is -0.944. The summed E-state index contributed by atoms with van der Waals surface area (Å²) >= 11 is 0. The van der Waals surface area contributed by atoms with E-state index in [1.165, 1.54) is 7.05 Å². The zero-order chi connectivity index (χ0) is 14.0. The number of halogens is 3. The maximum absolute atomic E-state index is 12.7. The maximum atomic E-state index is 12.7. The minimum absolute atomic E-state index is 0.0383. The summed E-state index contributed by atoms with van der Waals surface area (Å²) in [6.45, 7) is 1.72. The molecule has 0 saturated carbocycles. The third-order valence-corrected chi connectivity index (χ3v) is 2.98. The molecule has 8 heteroatoms. The van der Waals surface area contributed by atoms with Gasteiger partial charge in [0.25, 0.3) is 0 Å². The summed E-state index contributed by atoms with van der Waals surface area (Å²) < 4.78 is 38.1. The zero-order valence-electron chi connectivity index (χ0n) is 10.8. The Balaban J connectivity index is 2.20. The van der Waals surface area contributed by atoms with E-state index in [1.54, 1.807) is 0 Å². The first kappa shape index (κ1) is 13.9. The van der Waals surface area contributed by atoms with Gasteiger partial charge >= 0.3 is 6.18 Å². The predicted molar refractivity (Wildman–Crippen MR) is 66.1 cm³/mol. The van der Waals surface area contributed by atoms with Crippen LogP contribution >= 0.6 is 0 Å². The Morgan fingerprint density at radius 3 is 2.63 bits per heavy atom. The summed E-state index contributed by atoms with van der Waals surface area (Å²) in [7, 11) is 3.46. The molecule has 5 nitrogen and oxygen atoms in total. The number of aromatic nitrogens is 2. The van der Waals surface area contributed by atoms with Crippen molar-refractivity contribution in [3.8, 4) is 0 Å². The van der Waals surface area contributed by atoms with Crippen molar-refractivity contribution in [1.29, 1.82) is 0 Å². The van der Waals surface area contributed by atoms with Crippen molar-refractivity contribution in [3.63, 3.8) is 0 Å². The highest BCUT2D eigenvalue weighted by Gasteiger charge is 2.34. The van der Waals surface area contributed by atoms with Gasteiger partial charge in [0.15, 0.2) is 5.69 Å². The van der Waals surface area contributed by atoms with Crippen molar-refractivity contribution in [2.24, 2.45) is 0 Å². The molecule has 2 rings (SSSR count). The van der Waals surface area contributed by atoms with Crippen molar-refractivity contribution < 1.29 is 13.2 Å². The molecule has 1 atom stereocenters. The fourth-order valence-corrected chi connectivity index (χ4v) is 2.04. The number of nitrogens with zero attached hydrogens (tertiary/aromatic N) is 3. The Bertz CT molecular complexity index is 448. The standard InChI is InChI=1S/C11H16F3N5/c1-15-10-17-8(11(12,13)14)5-9(18-10)16-7-3-4-19(2)6-7/h5,7H,3-4,6H2,1-2H3,(H2,15,16,17,18). The SMILES string of the molecule is CNc1nc(NC2CCN(C)C2)cc(C(F)(F)F)n1. The van der Waals surface area contributed by atoms with Crippen molar-refractivity contribution >= 4 is 11.8 Å². The summed E-state index contributed by atoms with van der Waals surface area (Å²) in [5, 5.41) is 5.57. The molecule has 1 aliphatic rings. The van der Waals surface area contributed by atoms with Crippen LogP contribution in [0.15, 0.2) is 6.07 Å². The highest BCUT2D eigenvalue weighted by atomic mass is 19.4. The van der Waals surface area contributed by atoms with E-state index in [4.69, 9.17) is 0 Å². The lowest BCUT2D eigenvalue weighted by atomic mass is 10.2. The number of likely N-dealkylation sites (tertiary alicyclic amines) is 1. The number of hydrogen-bond donors (Lipinski definition) is 2. The van der Waals surface area contributed by atoms with E-state index in [9.17, 15) is 13.2 Å². The molecular formula is C11H16F3N5. The Hall–Kier alpha value is -1.57. The minimum atomic E-state index is -4.47. The highest BCUT2D eigenvalue weighted by molar-refractivity contribution is 5.43. The van der Waals surface area contributed by atoms with Crippen LogP contribution in [0.4, 0.5) is 24.9 Å². The van der Waals surface area contributed by atoms with Gasteiger partial charge in [-0.05, 0) is 20.0 Å². The Kier molecular flexibility index (Phi) is 3.79. The van der Waals surface area contributed by atoms with E-state index in [-0.39, 0.29) is 17.8 Å². The lowest BCUT2D eigenvalue weighted by Crippen LogP contribution is -2.24. The fourth-order valence-electron chi connectivity index (χ4n) is 2.04. The summed E-state index contributed by atoms with van der Waals surface area (Å²) in [5.74, 6) is 0.163. The lowest BCUT2D eigenvalue weighted by molar-refractivity contribution is -0.141. The molecule has 0 amide bonds. The van der Waals surface area contributed by atoms with Crippen LogP contribution in [0.3, 0.4) is 0 Å². The molecule has 1 unspecified atom stereocenters. The van der Waals surface area contributed by atoms with Crippen LogP contribution in [-0.4, -0.2) is 48.1 Å². The van der Waals surface area contributed by atoms with Crippen LogP contribution in [0.1, 0.15) is 12.1 Å². The molecule has 0 radical (unpaired) electrons. The zero-order valence-corrected chi connectivity index (χ0v) is 10.8. The smallest absolute Gasteiger partial charge is 0.366 e. The van der Waals surface area contributed by atoms with Crippen molar-refractivity contribution in [3.05, 3.63) is 11.8 Å². The van der Waals surface area contributed by atoms with E-state index in [2.05, 4.69) is 25.5 Å². The van der Waals surface area contributed by atoms with Crippen molar-refractivity contribution in [1.82, 2.24) is 14.9 Å². The molecule has 19 heavy (non-hydrogen) atoms. The second kappa shape index (κ2) is 5.20. The number of alkyl halides is 3. The van der Waals surface area contributed by atoms with Gasteiger partial charge in [0.05, 0.1) is 0 Å². The molecule has 1 fully saturated rings. The van der Waals surface area contributed by atoms with Gasteiger partial charge in [-0.2, -0.15) is 18.2 Å². The van der Waals surface area contributed by atoms with Crippen LogP contribution < -0.4 is 10.6 Å². The van der Waals surface area contributed by atoms with Gasteiger partial charge in [0.1, 0.15) is 5.82 Å². The number of hydrogen-bond acceptors (Lipinski definition) is 5. The van der Waals surface area contributed by atoms with E-state index >= 15 is 0 Å². The molecule has 1 aromatic heterocycles. The average Bonchev–Trinajstić information content (AvgIpc) is 2.73. The average molecular weight is 275 g/mol. The summed E-state index contributed by atoms with van der Waals surface area (Å²) in [6, 6.07) is 1.06. The largest absolute Gasteiger partial charge is 0.433 e. The lowest BCUT2D eigenvalue weighted by Gasteiger charge is -2.15. The number of likely N-dealkylation sites (N-methyl/N-ethyl adjacent to an activating group) is 1. The van der Waals surface area contributed by atoms with E-state index in [0.717, 1.165) is 25.6 Å². The number of nitrogens with one attached hydrogen (secondary N) is 2. The molecule has 0 aliphatic carbocycles. The number of anilines is 2. The van der Waals surface area contributed by atoms with Crippen molar-refractivity contribution in [2.75, 3.05) is 37.8 Å². The Morgan fingerprint density at radius 2 is 2.11 bits per heavy atom. The van der Waals surface area contributed by atoms with Gasteiger partial charge in [-0.15, -0.1) is 0 Å². The van der Waals surface area contributed by atoms with Crippen LogP contribution in [0.25, 0.3) is 0 Å². The molecule has 1 aromatic rings. The highest BCUT2D eigenvalue weighted by Crippen LogP contribution is 2.30. The second-order valence-electron chi connectivity index (χ2n) is 4.60. The Labute approximate surface area is 109 Å². The second-order valence-corrected chi connectivity index (χ2v) is 4.60. The minimum Gasteiger partial charge on any atom is -0.366 e. The summed E-state index contributed by atoms with van der Waals surface area (Å²) in [6.07, 6.45) is -3.59. The van der Waals surface area contributed by atoms with Gasteiger partial charge in [0, 0.05) is 25.7 Å². The first-order valence-electron chi connectivity index (χ1n) is 5.97. The van der Waals surface area contributed by atoms with Gasteiger partial charge in [-0.25, -0.2) is 4.98 Å². The van der Waals surface area contributed by atoms with Gasteiger partial charge in [0.2, 0.25) is 5.95 Å². The molecule has 0 bridgehead atoms. The molecule has 0 spiro atoms. The van der Waals surface area contributed by atoms with Gasteiger partial charge in [-0.1, -0.05) is 0 Å². The van der Waals surface area contributed by atoms with Crippen LogP contribution in [-0.2, 0) is 6.18 Å². The van der Waals surface area contributed by atoms with Gasteiger partial charge < -0.3 is 15.5 Å². The third kappa shape index (κ3) is 3.46. The molecule has 0 aromatic carbocycles. The van der Waals surface area contributed by atoms with E-state index < -0.39 is 11.9 Å². The first-order chi connectivity index (χ1) is 8.88. The Morgan fingerprint density at radius 1 is 1.37 bits per heavy atom. The van der Waals surface area contributed by atoms with E-state index in [1.807, 2.05) is 7.05 Å². The molecule has 1 saturated heterocycles. The molecule has 2 N–H and O–H groups in total. The monoisotopic (exact) mass is 275 g/mol. The maximum Gasteiger partial charge on any atom is 0.433 e. The predicted octanol–water partition coefficient (Wildman–Crippen LogP) is 1.65. The third-order valence-electron chi connectivity index (χ3n) is 2.98. The first-order valence-corrected chi connectivity index (χ1v) is 5.97. The van der Waals surface area contributed by atoms with Crippen LogP contribution in [0.2, 0.25) is 0 Å². The molecule has 106 valence electrons. The van der Waals surface area contributed by atoms with Crippen LogP contribution in [0.5, 0.6) is 0 Å². The number of rotatable bonds is 3. The topological polar surface area (TPSA) is 53.1 Å². The quantitative estimate of drug-likeness (QED) is 0.878. The fraction of sp³-hybridized carbons (Fsp3) is 0.636. The molecular weight excluding hydrogens is 259 g/mol. The normalized spacial score (nSPS) is 20.6. The van der Waals surface area contributed by atoms with E-state index in [0.29, 0.717) is 0 Å². The molecule has 1 aliphatic heterocycles. The van der Waals surface area contributed by atoms with Crippen LogP contribution in [0, 0.1) is 0 Å². The summed E-state index contributed by atoms with van der Waals surface area (Å²) in [4.78, 5) is 9.53. The van der Waals surface area contributed by atoms with Gasteiger partial charge in [-0.3, -0.25) is 0 Å². The van der Waals surface area contributed by atoms with Crippen molar-refractivity contribution in [2.45, 2.75) is 18.6 Å². The molecule has 2 heterocycles.